The quantitative estimate of drug-likeness (QED) is 0.883. The van der Waals surface area contributed by atoms with Crippen molar-refractivity contribution in [1.29, 1.82) is 0 Å². The molecule has 2 aromatic rings. The summed E-state index contributed by atoms with van der Waals surface area (Å²) in [4.78, 5) is 12.7. The Morgan fingerprint density at radius 2 is 1.83 bits per heavy atom. The third kappa shape index (κ3) is 2.53. The maximum Gasteiger partial charge on any atom is 0.240 e. The van der Waals surface area contributed by atoms with Crippen LogP contribution in [0.1, 0.15) is 31.2 Å². The van der Waals surface area contributed by atoms with Gasteiger partial charge in [-0.3, -0.25) is 0 Å². The molecular weight excluding hydrogens is 230 g/mol. The molecule has 2 atom stereocenters. The summed E-state index contributed by atoms with van der Waals surface area (Å²) in [5, 5.41) is 7.08. The monoisotopic (exact) mass is 247 g/mol. The standard InChI is InChI=1S/C12H17N5O/c1-7-5-14-10(15-6-7)11-16-12(18-17-11)8(2)9(3)13-4/h5-6,8-9,13H,1-4H3. The lowest BCUT2D eigenvalue weighted by atomic mass is 10.0. The molecule has 0 radical (unpaired) electrons. The van der Waals surface area contributed by atoms with Crippen LogP contribution in [0.4, 0.5) is 0 Å². The van der Waals surface area contributed by atoms with Crippen LogP contribution in [0.3, 0.4) is 0 Å². The molecule has 0 aromatic carbocycles. The van der Waals surface area contributed by atoms with E-state index in [0.29, 0.717) is 17.5 Å². The zero-order valence-electron chi connectivity index (χ0n) is 11.0. The van der Waals surface area contributed by atoms with E-state index >= 15 is 0 Å². The number of nitrogens with zero attached hydrogens (tertiary/aromatic N) is 4. The van der Waals surface area contributed by atoms with Gasteiger partial charge in [0.2, 0.25) is 17.5 Å². The van der Waals surface area contributed by atoms with E-state index in [1.165, 1.54) is 0 Å². The second-order valence-corrected chi connectivity index (χ2v) is 4.41. The molecule has 0 aliphatic rings. The van der Waals surface area contributed by atoms with E-state index in [9.17, 15) is 0 Å². The fraction of sp³-hybridized carbons (Fsp3) is 0.500. The van der Waals surface area contributed by atoms with Crippen molar-refractivity contribution >= 4 is 0 Å². The number of rotatable bonds is 4. The molecule has 0 spiro atoms. The van der Waals surface area contributed by atoms with Crippen LogP contribution in [0.5, 0.6) is 0 Å². The van der Waals surface area contributed by atoms with Crippen molar-refractivity contribution < 1.29 is 4.52 Å². The Morgan fingerprint density at radius 3 is 2.44 bits per heavy atom. The molecule has 0 amide bonds. The highest BCUT2D eigenvalue weighted by Gasteiger charge is 2.20. The van der Waals surface area contributed by atoms with E-state index in [1.54, 1.807) is 12.4 Å². The SMILES string of the molecule is CNC(C)C(C)c1nc(-c2ncc(C)cn2)no1. The van der Waals surface area contributed by atoms with Gasteiger partial charge in [0.05, 0.1) is 5.92 Å². The molecule has 0 aliphatic carbocycles. The van der Waals surface area contributed by atoms with Gasteiger partial charge in [-0.05, 0) is 26.5 Å². The minimum Gasteiger partial charge on any atom is -0.339 e. The van der Waals surface area contributed by atoms with Crippen LogP contribution >= 0.6 is 0 Å². The zero-order valence-corrected chi connectivity index (χ0v) is 11.0. The van der Waals surface area contributed by atoms with Crippen LogP contribution in [0.2, 0.25) is 0 Å². The summed E-state index contributed by atoms with van der Waals surface area (Å²) in [6, 6.07) is 0.261. The summed E-state index contributed by atoms with van der Waals surface area (Å²) in [5.41, 5.74) is 1.000. The maximum atomic E-state index is 5.25. The Labute approximate surface area is 106 Å². The predicted molar refractivity (Wildman–Crippen MR) is 67.0 cm³/mol. The van der Waals surface area contributed by atoms with Crippen LogP contribution in [-0.2, 0) is 0 Å². The zero-order chi connectivity index (χ0) is 13.1. The summed E-state index contributed by atoms with van der Waals surface area (Å²) in [7, 11) is 1.90. The Balaban J connectivity index is 2.22. The number of likely N-dealkylation sites (N-methyl/N-ethyl adjacent to an activating group) is 1. The second kappa shape index (κ2) is 5.22. The molecule has 0 bridgehead atoms. The molecule has 2 heterocycles. The lowest BCUT2D eigenvalue weighted by Gasteiger charge is -2.14. The van der Waals surface area contributed by atoms with E-state index in [2.05, 4.69) is 32.3 Å². The van der Waals surface area contributed by atoms with Gasteiger partial charge in [-0.15, -0.1) is 0 Å². The third-order valence-corrected chi connectivity index (χ3v) is 3.02. The van der Waals surface area contributed by atoms with Crippen LogP contribution in [0.15, 0.2) is 16.9 Å². The Kier molecular flexibility index (Phi) is 3.66. The van der Waals surface area contributed by atoms with Gasteiger partial charge in [0, 0.05) is 18.4 Å². The van der Waals surface area contributed by atoms with Gasteiger partial charge in [-0.25, -0.2) is 9.97 Å². The largest absolute Gasteiger partial charge is 0.339 e. The fourth-order valence-electron chi connectivity index (χ4n) is 1.48. The van der Waals surface area contributed by atoms with Crippen molar-refractivity contribution in [3.63, 3.8) is 0 Å². The molecule has 0 saturated carbocycles. The molecule has 6 heteroatoms. The van der Waals surface area contributed by atoms with E-state index in [1.807, 2.05) is 20.9 Å². The molecular formula is C12H17N5O. The topological polar surface area (TPSA) is 76.7 Å². The van der Waals surface area contributed by atoms with Gasteiger partial charge in [-0.1, -0.05) is 12.1 Å². The number of aryl methyl sites for hydroxylation is 1. The first-order chi connectivity index (χ1) is 8.61. The lowest BCUT2D eigenvalue weighted by Crippen LogP contribution is -2.27. The van der Waals surface area contributed by atoms with Crippen molar-refractivity contribution in [3.05, 3.63) is 23.8 Å². The summed E-state index contributed by atoms with van der Waals surface area (Å²) < 4.78 is 5.25. The van der Waals surface area contributed by atoms with E-state index in [-0.39, 0.29) is 12.0 Å². The van der Waals surface area contributed by atoms with Crippen LogP contribution in [-0.4, -0.2) is 33.2 Å². The molecule has 18 heavy (non-hydrogen) atoms. The number of aromatic nitrogens is 4. The van der Waals surface area contributed by atoms with Gasteiger partial charge in [-0.2, -0.15) is 4.98 Å². The maximum absolute atomic E-state index is 5.25. The Bertz CT molecular complexity index is 507. The van der Waals surface area contributed by atoms with Gasteiger partial charge in [0.15, 0.2) is 0 Å². The van der Waals surface area contributed by atoms with Crippen LogP contribution < -0.4 is 5.32 Å². The smallest absolute Gasteiger partial charge is 0.240 e. The molecule has 0 fully saturated rings. The van der Waals surface area contributed by atoms with Gasteiger partial charge in [0.1, 0.15) is 0 Å². The number of nitrogens with one attached hydrogen (secondary N) is 1. The minimum atomic E-state index is 0.140. The molecule has 96 valence electrons. The molecule has 0 aliphatic heterocycles. The molecule has 0 saturated heterocycles. The minimum absolute atomic E-state index is 0.140. The van der Waals surface area contributed by atoms with Crippen molar-refractivity contribution in [3.8, 4) is 11.6 Å². The van der Waals surface area contributed by atoms with Crippen molar-refractivity contribution in [2.24, 2.45) is 0 Å². The Morgan fingerprint density at radius 1 is 1.17 bits per heavy atom. The van der Waals surface area contributed by atoms with Gasteiger partial charge < -0.3 is 9.84 Å². The highest BCUT2D eigenvalue weighted by Crippen LogP contribution is 2.19. The second-order valence-electron chi connectivity index (χ2n) is 4.41. The first-order valence-electron chi connectivity index (χ1n) is 5.91. The molecule has 1 N–H and O–H groups in total. The first kappa shape index (κ1) is 12.6. The van der Waals surface area contributed by atoms with E-state index < -0.39 is 0 Å². The van der Waals surface area contributed by atoms with Crippen LogP contribution in [0.25, 0.3) is 11.6 Å². The van der Waals surface area contributed by atoms with Crippen molar-refractivity contribution in [1.82, 2.24) is 25.4 Å². The van der Waals surface area contributed by atoms with E-state index in [0.717, 1.165) is 5.56 Å². The predicted octanol–water partition coefficient (Wildman–Crippen LogP) is 1.55. The fourth-order valence-corrected chi connectivity index (χ4v) is 1.48. The van der Waals surface area contributed by atoms with Crippen molar-refractivity contribution in [2.75, 3.05) is 7.05 Å². The molecule has 2 unspecified atom stereocenters. The molecule has 6 nitrogen and oxygen atoms in total. The lowest BCUT2D eigenvalue weighted by molar-refractivity contribution is 0.336. The normalized spacial score (nSPS) is 14.4. The number of hydrogen-bond acceptors (Lipinski definition) is 6. The summed E-state index contributed by atoms with van der Waals surface area (Å²) in [6.07, 6.45) is 3.47. The molecule has 2 aromatic heterocycles. The average Bonchev–Trinajstić information content (AvgIpc) is 2.87. The summed E-state index contributed by atoms with van der Waals surface area (Å²) in [5.74, 6) is 1.65. The first-order valence-corrected chi connectivity index (χ1v) is 5.91. The van der Waals surface area contributed by atoms with E-state index in [4.69, 9.17) is 4.52 Å². The highest BCUT2D eigenvalue weighted by atomic mass is 16.5. The van der Waals surface area contributed by atoms with Crippen molar-refractivity contribution in [2.45, 2.75) is 32.7 Å². The molecule has 2 rings (SSSR count). The number of hydrogen-bond donors (Lipinski definition) is 1. The summed E-state index contributed by atoms with van der Waals surface area (Å²) in [6.45, 7) is 6.04. The highest BCUT2D eigenvalue weighted by molar-refractivity contribution is 5.41. The van der Waals surface area contributed by atoms with Gasteiger partial charge in [0.25, 0.3) is 0 Å². The summed E-state index contributed by atoms with van der Waals surface area (Å²) >= 11 is 0. The van der Waals surface area contributed by atoms with Crippen LogP contribution in [0, 0.1) is 6.92 Å². The average molecular weight is 247 g/mol. The van der Waals surface area contributed by atoms with Gasteiger partial charge >= 0.3 is 0 Å². The Hall–Kier alpha value is -1.82. The third-order valence-electron chi connectivity index (χ3n) is 3.02.